The van der Waals surface area contributed by atoms with Crippen LogP contribution in [0.15, 0.2) is 24.5 Å². The predicted molar refractivity (Wildman–Crippen MR) is 76.7 cm³/mol. The van der Waals surface area contributed by atoms with Gasteiger partial charge in [-0.1, -0.05) is 0 Å². The number of benzene rings is 1. The molecular weight excluding hydrogens is 274 g/mol. The Morgan fingerprint density at radius 3 is 3.20 bits per heavy atom. The van der Waals surface area contributed by atoms with E-state index in [9.17, 15) is 4.79 Å². The number of nitrogens with zero attached hydrogens (tertiary/aromatic N) is 2. The highest BCUT2D eigenvalue weighted by Gasteiger charge is 2.17. The van der Waals surface area contributed by atoms with Crippen molar-refractivity contribution in [1.29, 1.82) is 0 Å². The summed E-state index contributed by atoms with van der Waals surface area (Å²) in [4.78, 5) is 25.0. The molecule has 0 fully saturated rings. The molecule has 1 aliphatic rings. The van der Waals surface area contributed by atoms with E-state index >= 15 is 0 Å². The Labute approximate surface area is 118 Å². The molecule has 0 radical (unpaired) electrons. The van der Waals surface area contributed by atoms with Crippen LogP contribution in [-0.2, 0) is 13.1 Å². The van der Waals surface area contributed by atoms with Gasteiger partial charge in [0.05, 0.1) is 23.1 Å². The summed E-state index contributed by atoms with van der Waals surface area (Å²) >= 11 is 1.52. The molecule has 1 amide bonds. The molecule has 3 heterocycles. The first-order valence-electron chi connectivity index (χ1n) is 6.23. The molecule has 0 aliphatic carbocycles. The van der Waals surface area contributed by atoms with Gasteiger partial charge < -0.3 is 10.3 Å². The lowest BCUT2D eigenvalue weighted by Crippen LogP contribution is -2.12. The molecule has 3 N–H and O–H groups in total. The van der Waals surface area contributed by atoms with Gasteiger partial charge in [-0.25, -0.2) is 9.97 Å². The van der Waals surface area contributed by atoms with E-state index in [0.717, 1.165) is 29.8 Å². The van der Waals surface area contributed by atoms with Gasteiger partial charge in [-0.2, -0.15) is 0 Å². The summed E-state index contributed by atoms with van der Waals surface area (Å²) in [5.74, 6) is -0.151. The van der Waals surface area contributed by atoms with Crippen LogP contribution in [-0.4, -0.2) is 20.9 Å². The Bertz CT molecular complexity index is 785. The number of hydrogen-bond acceptors (Lipinski definition) is 5. The molecule has 0 saturated heterocycles. The van der Waals surface area contributed by atoms with Crippen molar-refractivity contribution in [3.8, 4) is 0 Å². The van der Waals surface area contributed by atoms with Gasteiger partial charge in [0.25, 0.3) is 5.91 Å². The molecule has 2 aromatic heterocycles. The van der Waals surface area contributed by atoms with Crippen molar-refractivity contribution < 1.29 is 4.79 Å². The van der Waals surface area contributed by atoms with Gasteiger partial charge in [-0.05, 0) is 18.2 Å². The van der Waals surface area contributed by atoms with Gasteiger partial charge in [0.15, 0.2) is 5.13 Å². The predicted octanol–water partition coefficient (Wildman–Crippen LogP) is 1.87. The number of hydrogen-bond donors (Lipinski definition) is 3. The van der Waals surface area contributed by atoms with Crippen LogP contribution in [0.25, 0.3) is 11.0 Å². The van der Waals surface area contributed by atoms with Crippen LogP contribution in [0.4, 0.5) is 5.13 Å². The topological polar surface area (TPSA) is 82.7 Å². The minimum atomic E-state index is -0.151. The summed E-state index contributed by atoms with van der Waals surface area (Å²) in [6.07, 6.45) is 1.62. The third kappa shape index (κ3) is 1.87. The fourth-order valence-corrected chi connectivity index (χ4v) is 3.20. The first-order chi connectivity index (χ1) is 9.79. The average Bonchev–Trinajstić information content (AvgIpc) is 3.11. The number of aromatic amines is 1. The smallest absolute Gasteiger partial charge is 0.257 e. The van der Waals surface area contributed by atoms with Crippen molar-refractivity contribution in [3.63, 3.8) is 0 Å². The number of rotatable bonds is 2. The summed E-state index contributed by atoms with van der Waals surface area (Å²) in [6, 6.07) is 5.38. The van der Waals surface area contributed by atoms with E-state index in [1.165, 1.54) is 16.2 Å². The molecule has 1 aromatic carbocycles. The fraction of sp³-hybridized carbons (Fsp3) is 0.154. The minimum absolute atomic E-state index is 0.151. The summed E-state index contributed by atoms with van der Waals surface area (Å²) < 4.78 is 0. The minimum Gasteiger partial charge on any atom is -0.345 e. The fourth-order valence-electron chi connectivity index (χ4n) is 2.25. The number of fused-ring (bicyclic) bond motifs is 2. The van der Waals surface area contributed by atoms with Crippen molar-refractivity contribution in [2.24, 2.45) is 0 Å². The molecule has 0 saturated carbocycles. The van der Waals surface area contributed by atoms with Crippen molar-refractivity contribution in [2.45, 2.75) is 13.1 Å². The first-order valence-corrected chi connectivity index (χ1v) is 7.05. The maximum Gasteiger partial charge on any atom is 0.257 e. The van der Waals surface area contributed by atoms with Gasteiger partial charge in [0.1, 0.15) is 0 Å². The van der Waals surface area contributed by atoms with Gasteiger partial charge in [-0.3, -0.25) is 10.1 Å². The van der Waals surface area contributed by atoms with Crippen LogP contribution in [0, 0.1) is 0 Å². The van der Waals surface area contributed by atoms with Crippen LogP contribution < -0.4 is 10.6 Å². The number of H-pyrrole nitrogens is 1. The number of amides is 1. The Kier molecular flexibility index (Phi) is 2.54. The van der Waals surface area contributed by atoms with E-state index in [0.29, 0.717) is 10.7 Å². The SMILES string of the molecule is O=C(Nc1nc2c(s1)CNC2)c1ccc2nc[nH]c2c1. The molecule has 0 atom stereocenters. The van der Waals surface area contributed by atoms with Crippen LogP contribution in [0.2, 0.25) is 0 Å². The second kappa shape index (κ2) is 4.39. The van der Waals surface area contributed by atoms with Crippen molar-refractivity contribution in [3.05, 3.63) is 40.7 Å². The summed E-state index contributed by atoms with van der Waals surface area (Å²) in [6.45, 7) is 1.62. The summed E-state index contributed by atoms with van der Waals surface area (Å²) in [5, 5.41) is 6.73. The number of carbonyl (C=O) groups is 1. The number of carbonyl (C=O) groups excluding carboxylic acids is 1. The Morgan fingerprint density at radius 2 is 2.30 bits per heavy atom. The first kappa shape index (κ1) is 11.6. The van der Waals surface area contributed by atoms with Crippen LogP contribution >= 0.6 is 11.3 Å². The zero-order chi connectivity index (χ0) is 13.5. The van der Waals surface area contributed by atoms with Crippen LogP contribution in [0.1, 0.15) is 20.9 Å². The lowest BCUT2D eigenvalue weighted by Gasteiger charge is -2.02. The molecule has 20 heavy (non-hydrogen) atoms. The Hall–Kier alpha value is -2.25. The summed E-state index contributed by atoms with van der Waals surface area (Å²) in [7, 11) is 0. The van der Waals surface area contributed by atoms with Gasteiger partial charge in [0.2, 0.25) is 0 Å². The van der Waals surface area contributed by atoms with E-state index in [-0.39, 0.29) is 5.91 Å². The maximum absolute atomic E-state index is 12.2. The second-order valence-electron chi connectivity index (χ2n) is 4.58. The summed E-state index contributed by atoms with van der Waals surface area (Å²) in [5.41, 5.74) is 3.33. The zero-order valence-corrected chi connectivity index (χ0v) is 11.3. The second-order valence-corrected chi connectivity index (χ2v) is 5.66. The third-order valence-electron chi connectivity index (χ3n) is 3.26. The Balaban J connectivity index is 1.59. The lowest BCUT2D eigenvalue weighted by atomic mass is 10.2. The quantitative estimate of drug-likeness (QED) is 0.671. The molecule has 0 bridgehead atoms. The molecular formula is C13H11N5OS. The highest BCUT2D eigenvalue weighted by Crippen LogP contribution is 2.26. The van der Waals surface area contributed by atoms with Gasteiger partial charge >= 0.3 is 0 Å². The molecule has 1 aliphatic heterocycles. The monoisotopic (exact) mass is 285 g/mol. The van der Waals surface area contributed by atoms with E-state index in [1.54, 1.807) is 18.5 Å². The number of nitrogens with one attached hydrogen (secondary N) is 3. The normalized spacial score (nSPS) is 13.6. The largest absolute Gasteiger partial charge is 0.345 e. The molecule has 4 rings (SSSR count). The van der Waals surface area contributed by atoms with E-state index in [1.807, 2.05) is 6.07 Å². The van der Waals surface area contributed by atoms with Crippen LogP contribution in [0.3, 0.4) is 0 Å². The number of imidazole rings is 1. The van der Waals surface area contributed by atoms with Crippen LogP contribution in [0.5, 0.6) is 0 Å². The van der Waals surface area contributed by atoms with Crippen molar-refractivity contribution in [1.82, 2.24) is 20.3 Å². The molecule has 0 unspecified atom stereocenters. The van der Waals surface area contributed by atoms with E-state index in [4.69, 9.17) is 0 Å². The van der Waals surface area contributed by atoms with Gasteiger partial charge in [0, 0.05) is 23.5 Å². The Morgan fingerprint density at radius 1 is 1.35 bits per heavy atom. The molecule has 6 nitrogen and oxygen atoms in total. The number of thiazole rings is 1. The third-order valence-corrected chi connectivity index (χ3v) is 4.27. The lowest BCUT2D eigenvalue weighted by molar-refractivity contribution is 0.102. The van der Waals surface area contributed by atoms with Crippen molar-refractivity contribution >= 4 is 33.4 Å². The highest BCUT2D eigenvalue weighted by molar-refractivity contribution is 7.15. The number of aromatic nitrogens is 3. The average molecular weight is 285 g/mol. The van der Waals surface area contributed by atoms with Crippen molar-refractivity contribution in [2.75, 3.05) is 5.32 Å². The molecule has 3 aromatic rings. The molecule has 7 heteroatoms. The molecule has 100 valence electrons. The van der Waals surface area contributed by atoms with E-state index < -0.39 is 0 Å². The van der Waals surface area contributed by atoms with Gasteiger partial charge in [-0.15, -0.1) is 11.3 Å². The standard InChI is InChI=1S/C13H11N5OS/c19-12(7-1-2-8-9(3-7)16-6-15-8)18-13-17-10-4-14-5-11(10)20-13/h1-3,6,14H,4-5H2,(H,15,16)(H,17,18,19). The number of anilines is 1. The zero-order valence-electron chi connectivity index (χ0n) is 10.4. The van der Waals surface area contributed by atoms with E-state index in [2.05, 4.69) is 25.6 Å². The maximum atomic E-state index is 12.2. The molecule has 0 spiro atoms. The highest BCUT2D eigenvalue weighted by atomic mass is 32.1.